The molecule has 1 aliphatic rings. The molecule has 0 saturated heterocycles. The van der Waals surface area contributed by atoms with Crippen LogP contribution in [0.3, 0.4) is 0 Å². The van der Waals surface area contributed by atoms with Crippen LogP contribution in [-0.2, 0) is 24.2 Å². The summed E-state index contributed by atoms with van der Waals surface area (Å²) in [5.41, 5.74) is 3.73. The molecule has 4 nitrogen and oxygen atoms in total. The van der Waals surface area contributed by atoms with E-state index >= 15 is 0 Å². The second kappa shape index (κ2) is 6.80. The fourth-order valence-electron chi connectivity index (χ4n) is 2.87. The highest BCUT2D eigenvalue weighted by molar-refractivity contribution is 6.32. The van der Waals surface area contributed by atoms with E-state index in [4.69, 9.17) is 16.9 Å². The molecule has 1 amide bonds. The van der Waals surface area contributed by atoms with Gasteiger partial charge in [0.25, 0.3) is 5.91 Å². The molecule has 3 rings (SSSR count). The molecule has 0 aliphatic heterocycles. The van der Waals surface area contributed by atoms with Crippen LogP contribution in [0.5, 0.6) is 0 Å². The molecular formula is C18H17ClN3O+. The minimum Gasteiger partial charge on any atom is -0.321 e. The predicted molar refractivity (Wildman–Crippen MR) is 88.1 cm³/mol. The summed E-state index contributed by atoms with van der Waals surface area (Å²) in [7, 11) is 0. The van der Waals surface area contributed by atoms with Gasteiger partial charge in [-0.15, -0.1) is 0 Å². The molecule has 2 aromatic rings. The van der Waals surface area contributed by atoms with Crippen LogP contribution >= 0.6 is 11.6 Å². The third-order valence-corrected chi connectivity index (χ3v) is 4.36. The lowest BCUT2D eigenvalue weighted by Gasteiger charge is -2.13. The number of nitrogens with one attached hydrogen (secondary N) is 1. The lowest BCUT2D eigenvalue weighted by molar-refractivity contribution is -0.684. The maximum Gasteiger partial charge on any atom is 0.290 e. The van der Waals surface area contributed by atoms with E-state index in [-0.39, 0.29) is 12.5 Å². The zero-order chi connectivity index (χ0) is 16.2. The van der Waals surface area contributed by atoms with Gasteiger partial charge in [0.1, 0.15) is 6.07 Å². The Kier molecular flexibility index (Phi) is 4.59. The van der Waals surface area contributed by atoms with Gasteiger partial charge in [-0.05, 0) is 49.4 Å². The highest BCUT2D eigenvalue weighted by Gasteiger charge is 2.16. The predicted octanol–water partition coefficient (Wildman–Crippen LogP) is 3.02. The van der Waals surface area contributed by atoms with Crippen molar-refractivity contribution in [3.8, 4) is 6.07 Å². The van der Waals surface area contributed by atoms with Gasteiger partial charge in [-0.2, -0.15) is 9.83 Å². The van der Waals surface area contributed by atoms with Crippen molar-refractivity contribution in [2.45, 2.75) is 32.2 Å². The first kappa shape index (κ1) is 15.5. The van der Waals surface area contributed by atoms with E-state index in [1.54, 1.807) is 18.2 Å². The number of pyridine rings is 1. The Labute approximate surface area is 140 Å². The number of hydrogen-bond acceptors (Lipinski definition) is 2. The highest BCUT2D eigenvalue weighted by Crippen LogP contribution is 2.20. The Balaban J connectivity index is 1.68. The molecule has 1 aromatic heterocycles. The van der Waals surface area contributed by atoms with Gasteiger partial charge in [0.2, 0.25) is 6.54 Å². The number of aryl methyl sites for hydroxylation is 2. The fraction of sp³-hybridized carbons (Fsp3) is 0.278. The second-order valence-corrected chi connectivity index (χ2v) is 6.14. The molecule has 0 radical (unpaired) electrons. The number of halogens is 1. The molecule has 5 heteroatoms. The molecular weight excluding hydrogens is 310 g/mol. The molecule has 1 N–H and O–H groups in total. The number of amides is 1. The molecule has 0 saturated carbocycles. The second-order valence-electron chi connectivity index (χ2n) is 5.73. The summed E-state index contributed by atoms with van der Waals surface area (Å²) in [5.74, 6) is -0.119. The first-order chi connectivity index (χ1) is 11.2. The molecule has 1 aliphatic carbocycles. The van der Waals surface area contributed by atoms with Gasteiger partial charge in [0, 0.05) is 17.3 Å². The normalized spacial score (nSPS) is 13.0. The van der Waals surface area contributed by atoms with Gasteiger partial charge in [0.05, 0.1) is 10.6 Å². The Hall–Kier alpha value is -2.38. The van der Waals surface area contributed by atoms with Crippen molar-refractivity contribution in [1.29, 1.82) is 5.26 Å². The SMILES string of the molecule is N#Cc1ccc(NC(=O)C[n+]2ccc3c(c2)CCCC3)cc1Cl. The summed E-state index contributed by atoms with van der Waals surface area (Å²) >= 11 is 5.97. The molecule has 1 heterocycles. The van der Waals surface area contributed by atoms with Crippen molar-refractivity contribution in [3.63, 3.8) is 0 Å². The summed E-state index contributed by atoms with van der Waals surface area (Å²) in [4.78, 5) is 12.2. The molecule has 0 atom stereocenters. The summed E-state index contributed by atoms with van der Waals surface area (Å²) in [6.07, 6.45) is 8.70. The number of nitriles is 1. The number of benzene rings is 1. The van der Waals surface area contributed by atoms with E-state index in [0.717, 1.165) is 12.8 Å². The number of carbonyl (C=O) groups excluding carboxylic acids is 1. The lowest BCUT2D eigenvalue weighted by Crippen LogP contribution is -2.40. The average molecular weight is 327 g/mol. The number of fused-ring (bicyclic) bond motifs is 1. The summed E-state index contributed by atoms with van der Waals surface area (Å²) < 4.78 is 1.91. The van der Waals surface area contributed by atoms with Crippen molar-refractivity contribution in [2.24, 2.45) is 0 Å². The van der Waals surface area contributed by atoms with Crippen LogP contribution in [0, 0.1) is 11.3 Å². The monoisotopic (exact) mass is 326 g/mol. The summed E-state index contributed by atoms with van der Waals surface area (Å²) in [6.45, 7) is 0.255. The van der Waals surface area contributed by atoms with Crippen molar-refractivity contribution in [2.75, 3.05) is 5.32 Å². The van der Waals surface area contributed by atoms with Gasteiger partial charge < -0.3 is 5.32 Å². The fourth-order valence-corrected chi connectivity index (χ4v) is 3.09. The zero-order valence-electron chi connectivity index (χ0n) is 12.7. The Morgan fingerprint density at radius 3 is 2.78 bits per heavy atom. The van der Waals surface area contributed by atoms with Gasteiger partial charge in [-0.25, -0.2) is 0 Å². The largest absolute Gasteiger partial charge is 0.321 e. The van der Waals surface area contributed by atoms with Gasteiger partial charge >= 0.3 is 0 Å². The summed E-state index contributed by atoms with van der Waals surface area (Å²) in [5, 5.41) is 12.0. The maximum atomic E-state index is 12.2. The van der Waals surface area contributed by atoms with Crippen LogP contribution in [-0.4, -0.2) is 5.91 Å². The number of nitrogens with zero attached hydrogens (tertiary/aromatic N) is 2. The summed E-state index contributed by atoms with van der Waals surface area (Å²) in [6, 6.07) is 8.98. The number of aromatic nitrogens is 1. The van der Waals surface area contributed by atoms with Crippen molar-refractivity contribution < 1.29 is 9.36 Å². The van der Waals surface area contributed by atoms with Crippen molar-refractivity contribution in [1.82, 2.24) is 0 Å². The zero-order valence-corrected chi connectivity index (χ0v) is 13.4. The minimum absolute atomic E-state index is 0.119. The lowest BCUT2D eigenvalue weighted by atomic mass is 9.93. The molecule has 23 heavy (non-hydrogen) atoms. The van der Waals surface area contributed by atoms with Crippen LogP contribution in [0.15, 0.2) is 36.7 Å². The number of carbonyl (C=O) groups is 1. The Morgan fingerprint density at radius 1 is 1.26 bits per heavy atom. The van der Waals surface area contributed by atoms with Crippen LogP contribution in [0.4, 0.5) is 5.69 Å². The third kappa shape index (κ3) is 3.69. The number of anilines is 1. The topological polar surface area (TPSA) is 56.8 Å². The Morgan fingerprint density at radius 2 is 2.04 bits per heavy atom. The van der Waals surface area contributed by atoms with E-state index in [9.17, 15) is 4.79 Å². The van der Waals surface area contributed by atoms with E-state index in [2.05, 4.69) is 17.6 Å². The molecule has 116 valence electrons. The smallest absolute Gasteiger partial charge is 0.290 e. The van der Waals surface area contributed by atoms with Crippen molar-refractivity contribution >= 4 is 23.2 Å². The maximum absolute atomic E-state index is 12.2. The first-order valence-electron chi connectivity index (χ1n) is 7.66. The standard InChI is InChI=1S/C18H16ClN3O/c19-17-9-16(6-5-14(17)10-20)21-18(23)12-22-8-7-13-3-1-2-4-15(13)11-22/h5-9,11H,1-4,12H2/p+1. The van der Waals surface area contributed by atoms with Crippen LogP contribution in [0.1, 0.15) is 29.5 Å². The van der Waals surface area contributed by atoms with E-state index < -0.39 is 0 Å². The average Bonchev–Trinajstić information content (AvgIpc) is 2.55. The number of rotatable bonds is 3. The Bertz CT molecular complexity index is 795. The van der Waals surface area contributed by atoms with Gasteiger partial charge in [-0.3, -0.25) is 4.79 Å². The quantitative estimate of drug-likeness (QED) is 0.881. The van der Waals surface area contributed by atoms with E-state index in [1.807, 2.05) is 16.8 Å². The minimum atomic E-state index is -0.119. The molecule has 0 spiro atoms. The first-order valence-corrected chi connectivity index (χ1v) is 8.04. The van der Waals surface area contributed by atoms with E-state index in [1.165, 1.54) is 24.0 Å². The van der Waals surface area contributed by atoms with E-state index in [0.29, 0.717) is 16.3 Å². The molecule has 0 unspecified atom stereocenters. The number of hydrogen-bond donors (Lipinski definition) is 1. The van der Waals surface area contributed by atoms with Crippen LogP contribution < -0.4 is 9.88 Å². The molecule has 0 bridgehead atoms. The highest BCUT2D eigenvalue weighted by atomic mass is 35.5. The van der Waals surface area contributed by atoms with Crippen molar-refractivity contribution in [3.05, 3.63) is 58.4 Å². The van der Waals surface area contributed by atoms with Crippen LogP contribution in [0.25, 0.3) is 0 Å². The van der Waals surface area contributed by atoms with Crippen LogP contribution in [0.2, 0.25) is 5.02 Å². The third-order valence-electron chi connectivity index (χ3n) is 4.04. The van der Waals surface area contributed by atoms with Gasteiger partial charge in [-0.1, -0.05) is 11.6 Å². The molecule has 1 aromatic carbocycles. The van der Waals surface area contributed by atoms with Gasteiger partial charge in [0.15, 0.2) is 12.4 Å². The molecule has 0 fully saturated rings.